The van der Waals surface area contributed by atoms with Crippen LogP contribution in [0.1, 0.15) is 45.4 Å². The summed E-state index contributed by atoms with van der Waals surface area (Å²) in [7, 11) is 0. The highest BCUT2D eigenvalue weighted by Gasteiger charge is 2.27. The van der Waals surface area contributed by atoms with Crippen molar-refractivity contribution < 1.29 is 14.6 Å². The maximum atomic E-state index is 12.2. The summed E-state index contributed by atoms with van der Waals surface area (Å²) in [6, 6.07) is 0. The van der Waals surface area contributed by atoms with Gasteiger partial charge in [-0.2, -0.15) is 0 Å². The zero-order chi connectivity index (χ0) is 15.1. The first-order valence-corrected chi connectivity index (χ1v) is 8.37. The Morgan fingerprint density at radius 1 is 1.24 bits per heavy atom. The lowest BCUT2D eigenvalue weighted by Crippen LogP contribution is -2.51. The van der Waals surface area contributed by atoms with Gasteiger partial charge in [-0.05, 0) is 19.8 Å². The van der Waals surface area contributed by atoms with Crippen molar-refractivity contribution in [2.45, 2.75) is 51.0 Å². The van der Waals surface area contributed by atoms with Gasteiger partial charge in [-0.3, -0.25) is 9.69 Å². The van der Waals surface area contributed by atoms with Crippen molar-refractivity contribution in [3.8, 4) is 0 Å². The molecule has 122 valence electrons. The Balaban J connectivity index is 1.72. The topological polar surface area (TPSA) is 61.8 Å². The summed E-state index contributed by atoms with van der Waals surface area (Å²) in [5, 5.41) is 13.4. The monoisotopic (exact) mass is 298 g/mol. The largest absolute Gasteiger partial charge is 0.387 e. The molecule has 1 aliphatic heterocycles. The smallest absolute Gasteiger partial charge is 0.223 e. The molecule has 5 nitrogen and oxygen atoms in total. The van der Waals surface area contributed by atoms with Crippen molar-refractivity contribution in [2.75, 3.05) is 39.4 Å². The van der Waals surface area contributed by atoms with Crippen LogP contribution in [0.2, 0.25) is 0 Å². The summed E-state index contributed by atoms with van der Waals surface area (Å²) in [6.07, 6.45) is 6.80. The van der Waals surface area contributed by atoms with E-state index in [-0.39, 0.29) is 11.8 Å². The van der Waals surface area contributed by atoms with Gasteiger partial charge in [0.05, 0.1) is 18.8 Å². The Morgan fingerprint density at radius 3 is 2.48 bits per heavy atom. The van der Waals surface area contributed by atoms with Gasteiger partial charge in [0.15, 0.2) is 0 Å². The fourth-order valence-corrected chi connectivity index (χ4v) is 3.26. The van der Waals surface area contributed by atoms with Gasteiger partial charge in [-0.15, -0.1) is 0 Å². The van der Waals surface area contributed by atoms with Gasteiger partial charge in [-0.25, -0.2) is 0 Å². The molecule has 0 aromatic carbocycles. The molecule has 1 aliphatic carbocycles. The number of ether oxygens (including phenoxy) is 1. The predicted molar refractivity (Wildman–Crippen MR) is 82.1 cm³/mol. The molecule has 0 aromatic heterocycles. The van der Waals surface area contributed by atoms with Crippen LogP contribution in [-0.4, -0.2) is 60.9 Å². The fraction of sp³-hybridized carbons (Fsp3) is 0.938. The molecule has 1 saturated heterocycles. The van der Waals surface area contributed by atoms with E-state index in [2.05, 4.69) is 10.2 Å². The van der Waals surface area contributed by atoms with E-state index in [1.54, 1.807) is 6.92 Å². The third kappa shape index (κ3) is 5.93. The third-order valence-electron chi connectivity index (χ3n) is 4.54. The standard InChI is InChI=1S/C16H30N2O3/c1-16(20,13-18-8-10-21-11-9-18)12-17-15(19)14-6-4-2-3-5-7-14/h14,20H,2-13H2,1H3,(H,17,19). The van der Waals surface area contributed by atoms with Gasteiger partial charge >= 0.3 is 0 Å². The zero-order valence-electron chi connectivity index (χ0n) is 13.3. The Hall–Kier alpha value is -0.650. The van der Waals surface area contributed by atoms with Crippen LogP contribution < -0.4 is 5.32 Å². The Morgan fingerprint density at radius 2 is 1.86 bits per heavy atom. The molecule has 0 aromatic rings. The number of carbonyl (C=O) groups excluding carboxylic acids is 1. The minimum Gasteiger partial charge on any atom is -0.387 e. The number of nitrogens with zero attached hydrogens (tertiary/aromatic N) is 1. The summed E-state index contributed by atoms with van der Waals surface area (Å²) >= 11 is 0. The number of amides is 1. The summed E-state index contributed by atoms with van der Waals surface area (Å²) < 4.78 is 5.31. The third-order valence-corrected chi connectivity index (χ3v) is 4.54. The van der Waals surface area contributed by atoms with E-state index >= 15 is 0 Å². The Kier molecular flexibility index (Phi) is 6.45. The zero-order valence-corrected chi connectivity index (χ0v) is 13.3. The number of nitrogens with one attached hydrogen (secondary N) is 1. The van der Waals surface area contributed by atoms with Crippen molar-refractivity contribution in [2.24, 2.45) is 5.92 Å². The summed E-state index contributed by atoms with van der Waals surface area (Å²) in [4.78, 5) is 14.4. The second kappa shape index (κ2) is 8.11. The number of carbonyl (C=O) groups is 1. The summed E-state index contributed by atoms with van der Waals surface area (Å²) in [6.45, 7) is 5.88. The van der Waals surface area contributed by atoms with Crippen molar-refractivity contribution in [3.63, 3.8) is 0 Å². The normalized spacial score (nSPS) is 25.0. The van der Waals surface area contributed by atoms with Crippen LogP contribution in [0.4, 0.5) is 0 Å². The highest BCUT2D eigenvalue weighted by molar-refractivity contribution is 5.78. The molecule has 2 aliphatic rings. The molecule has 1 heterocycles. The molecule has 2 fully saturated rings. The van der Waals surface area contributed by atoms with Crippen molar-refractivity contribution in [1.82, 2.24) is 10.2 Å². The van der Waals surface area contributed by atoms with E-state index in [1.807, 2.05) is 0 Å². The molecule has 0 radical (unpaired) electrons. The van der Waals surface area contributed by atoms with E-state index in [4.69, 9.17) is 4.74 Å². The van der Waals surface area contributed by atoms with E-state index in [0.717, 1.165) is 52.0 Å². The SMILES string of the molecule is CC(O)(CNC(=O)C1CCCCCC1)CN1CCOCC1. The maximum Gasteiger partial charge on any atom is 0.223 e. The second-order valence-corrected chi connectivity index (χ2v) is 6.79. The number of morpholine rings is 1. The van der Waals surface area contributed by atoms with Gasteiger partial charge in [0.25, 0.3) is 0 Å². The van der Waals surface area contributed by atoms with Crippen LogP contribution in [0.15, 0.2) is 0 Å². The molecule has 2 N–H and O–H groups in total. The molecule has 1 unspecified atom stereocenters. The minimum absolute atomic E-state index is 0.124. The van der Waals surface area contributed by atoms with Crippen LogP contribution in [0.3, 0.4) is 0 Å². The van der Waals surface area contributed by atoms with Gasteiger partial charge in [0.2, 0.25) is 5.91 Å². The van der Waals surface area contributed by atoms with Crippen LogP contribution >= 0.6 is 0 Å². The molecule has 21 heavy (non-hydrogen) atoms. The van der Waals surface area contributed by atoms with Crippen molar-refractivity contribution in [1.29, 1.82) is 0 Å². The van der Waals surface area contributed by atoms with Gasteiger partial charge in [0, 0.05) is 32.1 Å². The maximum absolute atomic E-state index is 12.2. The lowest BCUT2D eigenvalue weighted by Gasteiger charge is -2.34. The number of β-amino-alcohol motifs (C(OH)–C–C–N with tert-alkyl or cyclic N) is 1. The first-order valence-electron chi connectivity index (χ1n) is 8.37. The quantitative estimate of drug-likeness (QED) is 0.748. The highest BCUT2D eigenvalue weighted by Crippen LogP contribution is 2.23. The van der Waals surface area contributed by atoms with Gasteiger partial charge in [0.1, 0.15) is 0 Å². The van der Waals surface area contributed by atoms with Crippen molar-refractivity contribution >= 4 is 5.91 Å². The average molecular weight is 298 g/mol. The molecular formula is C16H30N2O3. The first kappa shape index (κ1) is 16.7. The van der Waals surface area contributed by atoms with Crippen LogP contribution in [-0.2, 0) is 9.53 Å². The van der Waals surface area contributed by atoms with E-state index in [1.165, 1.54) is 12.8 Å². The van der Waals surface area contributed by atoms with E-state index < -0.39 is 5.60 Å². The first-order chi connectivity index (χ1) is 10.1. The van der Waals surface area contributed by atoms with Crippen LogP contribution in [0, 0.1) is 5.92 Å². The van der Waals surface area contributed by atoms with Crippen LogP contribution in [0.25, 0.3) is 0 Å². The average Bonchev–Trinajstić information content (AvgIpc) is 2.74. The van der Waals surface area contributed by atoms with E-state index in [0.29, 0.717) is 13.1 Å². The number of rotatable bonds is 5. The van der Waals surface area contributed by atoms with E-state index in [9.17, 15) is 9.90 Å². The number of hydrogen-bond donors (Lipinski definition) is 2. The lowest BCUT2D eigenvalue weighted by molar-refractivity contribution is -0.126. The second-order valence-electron chi connectivity index (χ2n) is 6.79. The highest BCUT2D eigenvalue weighted by atomic mass is 16.5. The summed E-state index contributed by atoms with van der Waals surface area (Å²) in [5.74, 6) is 0.269. The number of aliphatic hydroxyl groups is 1. The minimum atomic E-state index is -0.877. The summed E-state index contributed by atoms with van der Waals surface area (Å²) in [5.41, 5.74) is -0.877. The molecule has 0 bridgehead atoms. The molecule has 0 spiro atoms. The fourth-order valence-electron chi connectivity index (χ4n) is 3.26. The van der Waals surface area contributed by atoms with Crippen molar-refractivity contribution in [3.05, 3.63) is 0 Å². The number of hydrogen-bond acceptors (Lipinski definition) is 4. The van der Waals surface area contributed by atoms with Gasteiger partial charge in [-0.1, -0.05) is 25.7 Å². The molecule has 1 atom stereocenters. The molecule has 1 amide bonds. The van der Waals surface area contributed by atoms with Gasteiger partial charge < -0.3 is 15.2 Å². The lowest BCUT2D eigenvalue weighted by atomic mass is 9.98. The Labute approximate surface area is 128 Å². The molecule has 1 saturated carbocycles. The molecular weight excluding hydrogens is 268 g/mol. The predicted octanol–water partition coefficient (Wildman–Crippen LogP) is 1.16. The molecule has 2 rings (SSSR count). The van der Waals surface area contributed by atoms with Crippen LogP contribution in [0.5, 0.6) is 0 Å². The molecule has 5 heteroatoms. The Bertz CT molecular complexity index is 319.